The van der Waals surface area contributed by atoms with E-state index in [1.54, 1.807) is 31.2 Å². The average molecular weight is 397 g/mol. The number of carbonyl (C=O) groups is 2. The highest BCUT2D eigenvalue weighted by atomic mass is 35.5. The summed E-state index contributed by atoms with van der Waals surface area (Å²) in [5, 5.41) is 15.2. The third kappa shape index (κ3) is 5.82. The van der Waals surface area contributed by atoms with Crippen LogP contribution in [0.5, 0.6) is 11.5 Å². The van der Waals surface area contributed by atoms with Gasteiger partial charge in [-0.25, -0.2) is 0 Å². The number of amides is 2. The molecule has 2 aromatic rings. The number of ether oxygens (including phenoxy) is 1. The van der Waals surface area contributed by atoms with Crippen molar-refractivity contribution in [2.75, 3.05) is 13.1 Å². The van der Waals surface area contributed by atoms with E-state index in [0.29, 0.717) is 15.8 Å². The molecule has 0 spiro atoms. The molecule has 138 valence electrons. The molecule has 2 rings (SSSR count). The van der Waals surface area contributed by atoms with Crippen LogP contribution in [-0.2, 0) is 4.79 Å². The summed E-state index contributed by atoms with van der Waals surface area (Å²) < 4.78 is 5.46. The molecular formula is C18H18Cl2N2O4. The van der Waals surface area contributed by atoms with E-state index in [0.717, 1.165) is 0 Å². The second-order valence-electron chi connectivity index (χ2n) is 5.43. The number of phenols is 1. The van der Waals surface area contributed by atoms with Crippen molar-refractivity contribution in [1.82, 2.24) is 10.6 Å². The van der Waals surface area contributed by atoms with Crippen LogP contribution < -0.4 is 15.4 Å². The van der Waals surface area contributed by atoms with E-state index in [1.165, 1.54) is 18.2 Å². The predicted octanol–water partition coefficient (Wildman–Crippen LogP) is 3.01. The lowest BCUT2D eigenvalue weighted by molar-refractivity contribution is -0.127. The topological polar surface area (TPSA) is 87.7 Å². The average Bonchev–Trinajstić information content (AvgIpc) is 2.62. The maximum absolute atomic E-state index is 12.1. The van der Waals surface area contributed by atoms with Crippen LogP contribution in [0.3, 0.4) is 0 Å². The number of aromatic hydroxyl groups is 1. The van der Waals surface area contributed by atoms with Crippen molar-refractivity contribution in [3.63, 3.8) is 0 Å². The lowest BCUT2D eigenvalue weighted by Gasteiger charge is -2.15. The van der Waals surface area contributed by atoms with Crippen molar-refractivity contribution >= 4 is 35.0 Å². The molecule has 26 heavy (non-hydrogen) atoms. The fourth-order valence-electron chi connectivity index (χ4n) is 2.05. The van der Waals surface area contributed by atoms with Gasteiger partial charge in [-0.1, -0.05) is 23.2 Å². The first kappa shape index (κ1) is 19.9. The molecule has 0 aromatic heterocycles. The molecule has 8 heteroatoms. The van der Waals surface area contributed by atoms with Crippen LogP contribution in [0.15, 0.2) is 42.5 Å². The number of phenolic OH excluding ortho intramolecular Hbond substituents is 1. The Morgan fingerprint density at radius 1 is 1.08 bits per heavy atom. The van der Waals surface area contributed by atoms with Gasteiger partial charge in [0.2, 0.25) is 0 Å². The first-order valence-corrected chi connectivity index (χ1v) is 8.59. The lowest BCUT2D eigenvalue weighted by atomic mass is 10.2. The van der Waals surface area contributed by atoms with Crippen molar-refractivity contribution in [2.45, 2.75) is 13.0 Å². The van der Waals surface area contributed by atoms with Gasteiger partial charge in [0.05, 0.1) is 10.6 Å². The smallest absolute Gasteiger partial charge is 0.260 e. The molecule has 0 saturated heterocycles. The van der Waals surface area contributed by atoms with Gasteiger partial charge in [0.1, 0.15) is 11.5 Å². The number of hydrogen-bond acceptors (Lipinski definition) is 4. The van der Waals surface area contributed by atoms with Gasteiger partial charge < -0.3 is 20.5 Å². The second-order valence-corrected chi connectivity index (χ2v) is 6.27. The highest BCUT2D eigenvalue weighted by Gasteiger charge is 2.15. The summed E-state index contributed by atoms with van der Waals surface area (Å²) in [6.07, 6.45) is -0.724. The zero-order valence-corrected chi connectivity index (χ0v) is 15.5. The minimum atomic E-state index is -0.724. The first-order chi connectivity index (χ1) is 12.4. The SMILES string of the molecule is CC(Oc1ccc(O)cc1)C(=O)NCCNC(=O)c1cc(Cl)ccc1Cl. The number of rotatable bonds is 7. The van der Waals surface area contributed by atoms with E-state index in [4.69, 9.17) is 27.9 Å². The van der Waals surface area contributed by atoms with Gasteiger partial charge in [-0.2, -0.15) is 0 Å². The summed E-state index contributed by atoms with van der Waals surface area (Å²) in [4.78, 5) is 24.0. The molecule has 3 N–H and O–H groups in total. The summed E-state index contributed by atoms with van der Waals surface area (Å²) >= 11 is 11.8. The van der Waals surface area contributed by atoms with Crippen molar-refractivity contribution in [1.29, 1.82) is 0 Å². The fourth-order valence-corrected chi connectivity index (χ4v) is 2.43. The third-order valence-electron chi connectivity index (χ3n) is 3.40. The van der Waals surface area contributed by atoms with E-state index < -0.39 is 6.10 Å². The molecule has 0 bridgehead atoms. The molecule has 0 saturated carbocycles. The fraction of sp³-hybridized carbons (Fsp3) is 0.222. The monoisotopic (exact) mass is 396 g/mol. The number of benzene rings is 2. The maximum atomic E-state index is 12.1. The van der Waals surface area contributed by atoms with Gasteiger partial charge in [0, 0.05) is 18.1 Å². The number of hydrogen-bond donors (Lipinski definition) is 3. The van der Waals surface area contributed by atoms with E-state index in [1.807, 2.05) is 0 Å². The number of nitrogens with one attached hydrogen (secondary N) is 2. The van der Waals surface area contributed by atoms with Crippen LogP contribution in [0, 0.1) is 0 Å². The Kier molecular flexibility index (Phi) is 7.12. The van der Waals surface area contributed by atoms with Crippen molar-refractivity contribution in [3.8, 4) is 11.5 Å². The third-order valence-corrected chi connectivity index (χ3v) is 3.97. The molecule has 1 unspecified atom stereocenters. The minimum Gasteiger partial charge on any atom is -0.508 e. The van der Waals surface area contributed by atoms with Crippen LogP contribution in [0.1, 0.15) is 17.3 Å². The van der Waals surface area contributed by atoms with Crippen molar-refractivity contribution in [2.24, 2.45) is 0 Å². The maximum Gasteiger partial charge on any atom is 0.260 e. The van der Waals surface area contributed by atoms with E-state index >= 15 is 0 Å². The van der Waals surface area contributed by atoms with Crippen LogP contribution in [0.25, 0.3) is 0 Å². The Morgan fingerprint density at radius 2 is 1.73 bits per heavy atom. The Morgan fingerprint density at radius 3 is 2.42 bits per heavy atom. The molecule has 0 aliphatic rings. The molecule has 0 aliphatic heterocycles. The predicted molar refractivity (Wildman–Crippen MR) is 100 cm³/mol. The van der Waals surface area contributed by atoms with E-state index in [-0.39, 0.29) is 36.2 Å². The highest BCUT2D eigenvalue weighted by Crippen LogP contribution is 2.20. The Balaban J connectivity index is 1.74. The summed E-state index contributed by atoms with van der Waals surface area (Å²) in [5.74, 6) is -0.118. The van der Waals surface area contributed by atoms with Gasteiger partial charge >= 0.3 is 0 Å². The highest BCUT2D eigenvalue weighted by molar-refractivity contribution is 6.35. The molecule has 2 aromatic carbocycles. The second kappa shape index (κ2) is 9.31. The Bertz CT molecular complexity index is 781. The zero-order chi connectivity index (χ0) is 19.1. The minimum absolute atomic E-state index is 0.116. The van der Waals surface area contributed by atoms with Gasteiger partial charge in [0.25, 0.3) is 11.8 Å². The lowest BCUT2D eigenvalue weighted by Crippen LogP contribution is -2.40. The van der Waals surface area contributed by atoms with Crippen molar-refractivity contribution in [3.05, 3.63) is 58.1 Å². The molecule has 0 radical (unpaired) electrons. The Hall–Kier alpha value is -2.44. The quantitative estimate of drug-likeness (QED) is 0.627. The molecule has 0 heterocycles. The standard InChI is InChI=1S/C18H18Cl2N2O4/c1-11(26-14-5-3-13(23)4-6-14)17(24)21-8-9-22-18(25)15-10-12(19)2-7-16(15)20/h2-7,10-11,23H,8-9H2,1H3,(H,21,24)(H,22,25). The normalized spacial score (nSPS) is 11.5. The molecule has 0 fully saturated rings. The van der Waals surface area contributed by atoms with Gasteiger partial charge in [-0.05, 0) is 49.4 Å². The Labute approximate surface area is 161 Å². The summed E-state index contributed by atoms with van der Waals surface area (Å²) in [5.41, 5.74) is 0.273. The summed E-state index contributed by atoms with van der Waals surface area (Å²) in [7, 11) is 0. The first-order valence-electron chi connectivity index (χ1n) is 7.83. The number of halogens is 2. The van der Waals surface area contributed by atoms with Crippen LogP contribution >= 0.6 is 23.2 Å². The zero-order valence-electron chi connectivity index (χ0n) is 14.0. The largest absolute Gasteiger partial charge is 0.508 e. The summed E-state index contributed by atoms with van der Waals surface area (Å²) in [6.45, 7) is 2.05. The molecular weight excluding hydrogens is 379 g/mol. The molecule has 1 atom stereocenters. The molecule has 2 amide bonds. The van der Waals surface area contributed by atoms with Gasteiger partial charge in [0.15, 0.2) is 6.10 Å². The van der Waals surface area contributed by atoms with Crippen LogP contribution in [0.2, 0.25) is 10.0 Å². The molecule has 0 aliphatic carbocycles. The van der Waals surface area contributed by atoms with Crippen LogP contribution in [0.4, 0.5) is 0 Å². The van der Waals surface area contributed by atoms with Crippen LogP contribution in [-0.4, -0.2) is 36.1 Å². The van der Waals surface area contributed by atoms with Crippen molar-refractivity contribution < 1.29 is 19.4 Å². The van der Waals surface area contributed by atoms with E-state index in [9.17, 15) is 14.7 Å². The van der Waals surface area contributed by atoms with Gasteiger partial charge in [-0.15, -0.1) is 0 Å². The number of carbonyl (C=O) groups excluding carboxylic acids is 2. The molecule has 6 nitrogen and oxygen atoms in total. The summed E-state index contributed by atoms with van der Waals surface area (Å²) in [6, 6.07) is 10.7. The van der Waals surface area contributed by atoms with E-state index in [2.05, 4.69) is 10.6 Å². The van der Waals surface area contributed by atoms with Gasteiger partial charge in [-0.3, -0.25) is 9.59 Å².